The summed E-state index contributed by atoms with van der Waals surface area (Å²) in [5.41, 5.74) is 4.02. The maximum absolute atomic E-state index is 10.7. The van der Waals surface area contributed by atoms with Gasteiger partial charge in [-0.05, 0) is 53.6 Å². The molecule has 5 atom stereocenters. The van der Waals surface area contributed by atoms with Gasteiger partial charge in [-0.15, -0.1) is 0 Å². The first kappa shape index (κ1) is 21.2. The summed E-state index contributed by atoms with van der Waals surface area (Å²) in [5, 5.41) is 32.0. The Hall–Kier alpha value is -2.71. The molecule has 32 heavy (non-hydrogen) atoms. The van der Waals surface area contributed by atoms with Crippen molar-refractivity contribution in [2.24, 2.45) is 12.0 Å². The van der Waals surface area contributed by atoms with E-state index in [2.05, 4.69) is 46.9 Å². The van der Waals surface area contributed by atoms with Gasteiger partial charge < -0.3 is 29.4 Å². The van der Waals surface area contributed by atoms with Crippen molar-refractivity contribution in [1.29, 1.82) is 0 Å². The molecule has 1 saturated heterocycles. The molecule has 5 rings (SSSR count). The van der Waals surface area contributed by atoms with Crippen molar-refractivity contribution < 1.29 is 24.8 Å². The molecule has 7 heteroatoms. The summed E-state index contributed by atoms with van der Waals surface area (Å²) in [4.78, 5) is 4.60. The monoisotopic (exact) mass is 436 g/mol. The molecule has 1 aromatic heterocycles. The Bertz CT molecular complexity index is 1200. The Morgan fingerprint density at radius 1 is 1.06 bits per heavy atom. The second kappa shape index (κ2) is 7.71. The van der Waals surface area contributed by atoms with Crippen molar-refractivity contribution >= 4 is 16.8 Å². The number of hydrogen-bond donors (Lipinski definition) is 3. The smallest absolute Gasteiger partial charge is 0.228 e. The van der Waals surface area contributed by atoms with E-state index in [0.29, 0.717) is 5.90 Å². The van der Waals surface area contributed by atoms with Gasteiger partial charge in [-0.1, -0.05) is 24.3 Å². The maximum atomic E-state index is 10.7. The lowest BCUT2D eigenvalue weighted by Crippen LogP contribution is -2.61. The lowest BCUT2D eigenvalue weighted by Gasteiger charge is -2.44. The van der Waals surface area contributed by atoms with Crippen LogP contribution in [0.2, 0.25) is 0 Å². The van der Waals surface area contributed by atoms with Crippen LogP contribution in [0.3, 0.4) is 0 Å². The third-order valence-electron chi connectivity index (χ3n) is 6.67. The minimum absolute atomic E-state index is 0.372. The van der Waals surface area contributed by atoms with Crippen LogP contribution in [0, 0.1) is 6.92 Å². The summed E-state index contributed by atoms with van der Waals surface area (Å²) in [6.07, 6.45) is -1.59. The first-order chi connectivity index (χ1) is 15.3. The Kier molecular flexibility index (Phi) is 5.09. The van der Waals surface area contributed by atoms with Gasteiger partial charge in [0.2, 0.25) is 5.72 Å². The fraction of sp³-hybridized carbons (Fsp3) is 0.400. The molecule has 0 amide bonds. The zero-order valence-corrected chi connectivity index (χ0v) is 18.4. The van der Waals surface area contributed by atoms with E-state index in [4.69, 9.17) is 9.47 Å². The molecular formula is C25H28N2O5. The van der Waals surface area contributed by atoms with Gasteiger partial charge >= 0.3 is 0 Å². The fourth-order valence-electron chi connectivity index (χ4n) is 4.87. The zero-order valence-electron chi connectivity index (χ0n) is 18.4. The number of aliphatic hydroxyl groups excluding tert-OH is 3. The van der Waals surface area contributed by atoms with Gasteiger partial charge in [0.25, 0.3) is 0 Å². The summed E-state index contributed by atoms with van der Waals surface area (Å²) in [6, 6.07) is 14.5. The highest BCUT2D eigenvalue weighted by molar-refractivity contribution is 5.81. The lowest BCUT2D eigenvalue weighted by atomic mass is 9.85. The number of nitrogens with zero attached hydrogens (tertiary/aromatic N) is 2. The average molecular weight is 437 g/mol. The normalized spacial score (nSPS) is 29.6. The van der Waals surface area contributed by atoms with E-state index in [-0.39, 0.29) is 0 Å². The first-order valence-electron chi connectivity index (χ1n) is 10.8. The number of aliphatic hydroxyl groups is 3. The Balaban J connectivity index is 1.54. The molecule has 0 bridgehead atoms. The van der Waals surface area contributed by atoms with Gasteiger partial charge in [0, 0.05) is 31.2 Å². The number of aliphatic imine (C=N–C) groups is 1. The number of benzene rings is 2. The van der Waals surface area contributed by atoms with Crippen LogP contribution in [-0.4, -0.2) is 56.8 Å². The van der Waals surface area contributed by atoms with Gasteiger partial charge in [-0.3, -0.25) is 0 Å². The first-order valence-corrected chi connectivity index (χ1v) is 10.8. The molecule has 168 valence electrons. The van der Waals surface area contributed by atoms with Crippen LogP contribution in [0.4, 0.5) is 0 Å². The number of ether oxygens (including phenoxy) is 2. The maximum Gasteiger partial charge on any atom is 0.228 e. The van der Waals surface area contributed by atoms with E-state index in [1.54, 1.807) is 6.92 Å². The molecule has 1 fully saturated rings. The molecule has 2 aliphatic heterocycles. The molecular weight excluding hydrogens is 408 g/mol. The second-order valence-corrected chi connectivity index (χ2v) is 8.82. The van der Waals surface area contributed by atoms with Crippen molar-refractivity contribution in [3.8, 4) is 0 Å². The van der Waals surface area contributed by atoms with Gasteiger partial charge in [0.1, 0.15) is 18.3 Å². The minimum atomic E-state index is -1.32. The van der Waals surface area contributed by atoms with Crippen molar-refractivity contribution in [3.63, 3.8) is 0 Å². The number of aryl methyl sites for hydroxylation is 2. The van der Waals surface area contributed by atoms with E-state index in [1.165, 1.54) is 16.5 Å². The minimum Gasteiger partial charge on any atom is -0.469 e. The molecule has 0 radical (unpaired) electrons. The van der Waals surface area contributed by atoms with Crippen LogP contribution >= 0.6 is 0 Å². The van der Waals surface area contributed by atoms with Crippen molar-refractivity contribution in [1.82, 2.24) is 4.57 Å². The molecule has 2 aromatic carbocycles. The summed E-state index contributed by atoms with van der Waals surface area (Å²) in [6.45, 7) is 3.32. The van der Waals surface area contributed by atoms with Crippen molar-refractivity contribution in [2.45, 2.75) is 50.4 Å². The highest BCUT2D eigenvalue weighted by atomic mass is 16.6. The van der Waals surface area contributed by atoms with Crippen molar-refractivity contribution in [2.75, 3.05) is 6.61 Å². The SMILES string of the molecule is CC1=NC2(c3ccc(C)c(Cc4ccc5c(ccn5C)c4)c3)O[C@H](CO)[C@@H](O)[C@H](O)C2O1. The summed E-state index contributed by atoms with van der Waals surface area (Å²) < 4.78 is 14.0. The van der Waals surface area contributed by atoms with E-state index in [0.717, 1.165) is 23.1 Å². The van der Waals surface area contributed by atoms with Gasteiger partial charge in [-0.2, -0.15) is 0 Å². The van der Waals surface area contributed by atoms with Gasteiger partial charge in [-0.25, -0.2) is 4.99 Å². The molecule has 2 aliphatic rings. The third kappa shape index (κ3) is 3.24. The fourth-order valence-corrected chi connectivity index (χ4v) is 4.87. The second-order valence-electron chi connectivity index (χ2n) is 8.82. The molecule has 3 N–H and O–H groups in total. The largest absolute Gasteiger partial charge is 0.469 e. The predicted octanol–water partition coefficient (Wildman–Crippen LogP) is 2.16. The van der Waals surface area contributed by atoms with Crippen LogP contribution < -0.4 is 0 Å². The van der Waals surface area contributed by atoms with Crippen molar-refractivity contribution in [3.05, 3.63) is 70.9 Å². The molecule has 0 aliphatic carbocycles. The zero-order chi connectivity index (χ0) is 22.6. The number of hydrogen-bond acceptors (Lipinski definition) is 6. The van der Waals surface area contributed by atoms with Crippen LogP contribution in [0.25, 0.3) is 10.9 Å². The van der Waals surface area contributed by atoms with Crippen LogP contribution in [-0.2, 0) is 28.7 Å². The number of fused-ring (bicyclic) bond motifs is 2. The Labute approximate surface area is 186 Å². The van der Waals surface area contributed by atoms with E-state index in [1.807, 2.05) is 25.2 Å². The van der Waals surface area contributed by atoms with E-state index < -0.39 is 36.7 Å². The standard InChI is InChI=1S/C25H28N2O5/c1-14-4-6-19(12-18(14)11-16-5-7-20-17(10-16)8-9-27(20)3)25-24(31-15(2)26-25)23(30)22(29)21(13-28)32-25/h4-10,12,21-24,28-30H,11,13H2,1-3H3/t21-,22-,23+,24?,25?/m1/s1. The van der Waals surface area contributed by atoms with E-state index in [9.17, 15) is 15.3 Å². The Morgan fingerprint density at radius 2 is 1.88 bits per heavy atom. The molecule has 3 aromatic rings. The number of rotatable bonds is 4. The molecule has 3 heterocycles. The van der Waals surface area contributed by atoms with Gasteiger partial charge in [0.05, 0.1) is 6.61 Å². The van der Waals surface area contributed by atoms with Gasteiger partial charge in [0.15, 0.2) is 12.0 Å². The lowest BCUT2D eigenvalue weighted by molar-refractivity contribution is -0.262. The molecule has 0 saturated carbocycles. The average Bonchev–Trinajstić information content (AvgIpc) is 3.32. The molecule has 0 spiro atoms. The highest BCUT2D eigenvalue weighted by Gasteiger charge is 2.59. The van der Waals surface area contributed by atoms with Crippen LogP contribution in [0.5, 0.6) is 0 Å². The molecule has 2 unspecified atom stereocenters. The predicted molar refractivity (Wildman–Crippen MR) is 121 cm³/mol. The number of aromatic nitrogens is 1. The third-order valence-corrected chi connectivity index (χ3v) is 6.67. The van der Waals surface area contributed by atoms with Crippen LogP contribution in [0.1, 0.15) is 29.2 Å². The summed E-state index contributed by atoms with van der Waals surface area (Å²) in [7, 11) is 2.03. The topological polar surface area (TPSA) is 96.4 Å². The highest BCUT2D eigenvalue weighted by Crippen LogP contribution is 2.45. The molecule has 7 nitrogen and oxygen atoms in total. The quantitative estimate of drug-likeness (QED) is 0.583. The summed E-state index contributed by atoms with van der Waals surface area (Å²) in [5.74, 6) is 0.372. The summed E-state index contributed by atoms with van der Waals surface area (Å²) >= 11 is 0. The van der Waals surface area contributed by atoms with Crippen LogP contribution in [0.15, 0.2) is 53.7 Å². The Morgan fingerprint density at radius 3 is 2.66 bits per heavy atom. The van der Waals surface area contributed by atoms with E-state index >= 15 is 0 Å².